The lowest BCUT2D eigenvalue weighted by Crippen LogP contribution is -2.29. The van der Waals surface area contributed by atoms with Crippen molar-refractivity contribution in [1.82, 2.24) is 0 Å². The third-order valence-corrected chi connectivity index (χ3v) is 3.60. The van der Waals surface area contributed by atoms with Crippen LogP contribution in [0.4, 0.5) is 0 Å². The molecule has 0 aliphatic heterocycles. The predicted octanol–water partition coefficient (Wildman–Crippen LogP) is 3.22. The fourth-order valence-corrected chi connectivity index (χ4v) is 2.51. The van der Waals surface area contributed by atoms with Crippen molar-refractivity contribution in [2.45, 2.75) is 39.0 Å². The molecule has 0 amide bonds. The highest BCUT2D eigenvalue weighted by molar-refractivity contribution is 6.61. The molecule has 0 spiro atoms. The monoisotopic (exact) mass is 252 g/mol. The van der Waals surface area contributed by atoms with E-state index in [2.05, 4.69) is 37.0 Å². The SMILES string of the molecule is CCOC1=CCC(C=C[SiH](C)C)(OCC)C=C1. The zero-order valence-electron chi connectivity index (χ0n) is 11.4. The average Bonchev–Trinajstić information content (AvgIpc) is 2.30. The summed E-state index contributed by atoms with van der Waals surface area (Å²) in [7, 11) is -0.686. The molecule has 1 unspecified atom stereocenters. The summed E-state index contributed by atoms with van der Waals surface area (Å²) in [5, 5.41) is 0. The third kappa shape index (κ3) is 4.52. The minimum absolute atomic E-state index is 0.243. The standard InChI is InChI=1S/C14H24O2Si/c1-5-15-13-7-9-14(10-8-13,16-6-2)11-12-17(3)4/h7-9,11-12,17H,5-6,10H2,1-4H3. The average molecular weight is 252 g/mol. The van der Waals surface area contributed by atoms with Gasteiger partial charge in [0.15, 0.2) is 0 Å². The fraction of sp³-hybridized carbons (Fsp3) is 0.571. The van der Waals surface area contributed by atoms with Crippen LogP contribution in [0, 0.1) is 0 Å². The van der Waals surface area contributed by atoms with Gasteiger partial charge in [0, 0.05) is 13.0 Å². The van der Waals surface area contributed by atoms with Gasteiger partial charge in [0.05, 0.1) is 15.4 Å². The van der Waals surface area contributed by atoms with Crippen LogP contribution in [0.1, 0.15) is 20.3 Å². The molecule has 0 fully saturated rings. The molecule has 0 aromatic rings. The van der Waals surface area contributed by atoms with E-state index in [1.54, 1.807) is 0 Å². The Hall–Kier alpha value is -0.803. The molecule has 1 atom stereocenters. The van der Waals surface area contributed by atoms with Crippen molar-refractivity contribution < 1.29 is 9.47 Å². The summed E-state index contributed by atoms with van der Waals surface area (Å²) in [6.07, 6.45) is 9.35. The Balaban J connectivity index is 2.74. The molecule has 0 radical (unpaired) electrons. The first-order valence-corrected chi connectivity index (χ1v) is 9.45. The van der Waals surface area contributed by atoms with Gasteiger partial charge in [0.2, 0.25) is 0 Å². The Kier molecular flexibility index (Phi) is 5.72. The lowest BCUT2D eigenvalue weighted by atomic mass is 9.94. The van der Waals surface area contributed by atoms with Gasteiger partial charge in [-0.3, -0.25) is 0 Å². The lowest BCUT2D eigenvalue weighted by Gasteiger charge is -2.29. The molecule has 0 aromatic carbocycles. The van der Waals surface area contributed by atoms with Crippen LogP contribution in [-0.4, -0.2) is 27.6 Å². The number of allylic oxidation sites excluding steroid dienone is 1. The predicted molar refractivity (Wildman–Crippen MR) is 75.8 cm³/mol. The summed E-state index contributed by atoms with van der Waals surface area (Å²) in [6, 6.07) is 0. The van der Waals surface area contributed by atoms with E-state index in [4.69, 9.17) is 9.47 Å². The van der Waals surface area contributed by atoms with E-state index in [-0.39, 0.29) is 5.60 Å². The van der Waals surface area contributed by atoms with Crippen LogP contribution >= 0.6 is 0 Å². The van der Waals surface area contributed by atoms with Gasteiger partial charge in [-0.15, -0.1) is 0 Å². The molecule has 2 nitrogen and oxygen atoms in total. The number of hydrogen-bond donors (Lipinski definition) is 0. The van der Waals surface area contributed by atoms with Gasteiger partial charge in [0.25, 0.3) is 0 Å². The highest BCUT2D eigenvalue weighted by Gasteiger charge is 2.26. The van der Waals surface area contributed by atoms with Crippen molar-refractivity contribution in [3.63, 3.8) is 0 Å². The maximum atomic E-state index is 5.90. The van der Waals surface area contributed by atoms with E-state index < -0.39 is 8.80 Å². The Morgan fingerprint density at radius 2 is 2.12 bits per heavy atom. The second-order valence-corrected chi connectivity index (χ2v) is 7.44. The molecule has 1 aliphatic rings. The van der Waals surface area contributed by atoms with Crippen LogP contribution < -0.4 is 0 Å². The topological polar surface area (TPSA) is 18.5 Å². The molecule has 0 bridgehead atoms. The van der Waals surface area contributed by atoms with Crippen molar-refractivity contribution in [2.24, 2.45) is 0 Å². The Bertz CT molecular complexity index is 318. The van der Waals surface area contributed by atoms with Crippen molar-refractivity contribution in [3.8, 4) is 0 Å². The third-order valence-electron chi connectivity index (χ3n) is 2.64. The van der Waals surface area contributed by atoms with E-state index in [0.717, 1.165) is 18.8 Å². The van der Waals surface area contributed by atoms with E-state index in [9.17, 15) is 0 Å². The molecule has 0 N–H and O–H groups in total. The van der Waals surface area contributed by atoms with E-state index in [0.29, 0.717) is 6.61 Å². The largest absolute Gasteiger partial charge is 0.494 e. The van der Waals surface area contributed by atoms with Crippen LogP contribution in [0.5, 0.6) is 0 Å². The highest BCUT2D eigenvalue weighted by Crippen LogP contribution is 2.27. The smallest absolute Gasteiger partial charge is 0.115 e. The van der Waals surface area contributed by atoms with Crippen LogP contribution in [0.3, 0.4) is 0 Å². The molecule has 17 heavy (non-hydrogen) atoms. The molecular formula is C14H24O2Si. The fourth-order valence-electron chi connectivity index (χ4n) is 1.80. The van der Waals surface area contributed by atoms with Crippen LogP contribution in [0.15, 0.2) is 35.8 Å². The summed E-state index contributed by atoms with van der Waals surface area (Å²) in [5.41, 5.74) is 2.09. The summed E-state index contributed by atoms with van der Waals surface area (Å²) < 4.78 is 11.4. The summed E-state index contributed by atoms with van der Waals surface area (Å²) in [6.45, 7) is 10.1. The van der Waals surface area contributed by atoms with E-state index >= 15 is 0 Å². The minimum Gasteiger partial charge on any atom is -0.494 e. The number of ether oxygens (including phenoxy) is 2. The van der Waals surface area contributed by atoms with Crippen LogP contribution in [0.2, 0.25) is 13.1 Å². The van der Waals surface area contributed by atoms with E-state index in [1.165, 1.54) is 0 Å². The first-order valence-electron chi connectivity index (χ1n) is 6.47. The minimum atomic E-state index is -0.686. The molecule has 0 aromatic heterocycles. The van der Waals surface area contributed by atoms with Gasteiger partial charge in [-0.2, -0.15) is 0 Å². The quantitative estimate of drug-likeness (QED) is 0.676. The van der Waals surface area contributed by atoms with E-state index in [1.807, 2.05) is 19.9 Å². The van der Waals surface area contributed by atoms with Gasteiger partial charge in [-0.05, 0) is 32.1 Å². The Labute approximate surface area is 107 Å². The normalized spacial score (nSPS) is 24.4. The molecule has 96 valence electrons. The van der Waals surface area contributed by atoms with Crippen LogP contribution in [-0.2, 0) is 9.47 Å². The maximum Gasteiger partial charge on any atom is 0.115 e. The second kappa shape index (κ2) is 6.82. The van der Waals surface area contributed by atoms with Gasteiger partial charge in [0.1, 0.15) is 11.4 Å². The summed E-state index contributed by atoms with van der Waals surface area (Å²) in [5.74, 6) is 0.956. The van der Waals surface area contributed by atoms with Gasteiger partial charge >= 0.3 is 0 Å². The molecule has 3 heteroatoms. The Morgan fingerprint density at radius 1 is 1.35 bits per heavy atom. The first-order chi connectivity index (χ1) is 8.12. The zero-order valence-corrected chi connectivity index (χ0v) is 12.6. The van der Waals surface area contributed by atoms with Crippen LogP contribution in [0.25, 0.3) is 0 Å². The molecular weight excluding hydrogens is 228 g/mol. The molecule has 1 aliphatic carbocycles. The highest BCUT2D eigenvalue weighted by atomic mass is 28.3. The zero-order chi connectivity index (χ0) is 12.7. The first kappa shape index (κ1) is 14.3. The second-order valence-electron chi connectivity index (χ2n) is 4.57. The lowest BCUT2D eigenvalue weighted by molar-refractivity contribution is 0.0361. The van der Waals surface area contributed by atoms with Crippen molar-refractivity contribution in [3.05, 3.63) is 35.8 Å². The summed E-state index contributed by atoms with van der Waals surface area (Å²) >= 11 is 0. The van der Waals surface area contributed by atoms with Gasteiger partial charge in [-0.25, -0.2) is 0 Å². The Morgan fingerprint density at radius 3 is 2.59 bits per heavy atom. The van der Waals surface area contributed by atoms with Crippen molar-refractivity contribution in [2.75, 3.05) is 13.2 Å². The number of hydrogen-bond acceptors (Lipinski definition) is 2. The van der Waals surface area contributed by atoms with Crippen molar-refractivity contribution >= 4 is 8.80 Å². The van der Waals surface area contributed by atoms with Gasteiger partial charge in [-0.1, -0.05) is 24.9 Å². The van der Waals surface area contributed by atoms with Gasteiger partial charge < -0.3 is 9.47 Å². The molecule has 0 heterocycles. The summed E-state index contributed by atoms with van der Waals surface area (Å²) in [4.78, 5) is 0. The molecule has 1 rings (SSSR count). The molecule has 0 saturated heterocycles. The number of rotatable bonds is 6. The maximum absolute atomic E-state index is 5.90. The molecule has 0 saturated carbocycles. The van der Waals surface area contributed by atoms with Crippen molar-refractivity contribution in [1.29, 1.82) is 0 Å².